The molecule has 0 aromatic heterocycles. The third kappa shape index (κ3) is 2.08. The van der Waals surface area contributed by atoms with Gasteiger partial charge in [0, 0.05) is 5.33 Å². The van der Waals surface area contributed by atoms with Crippen molar-refractivity contribution in [2.45, 2.75) is 12.8 Å². The zero-order chi connectivity index (χ0) is 14.0. The molecule has 1 aliphatic carbocycles. The van der Waals surface area contributed by atoms with Gasteiger partial charge < -0.3 is 9.47 Å². The van der Waals surface area contributed by atoms with Gasteiger partial charge >= 0.3 is 0 Å². The van der Waals surface area contributed by atoms with E-state index in [4.69, 9.17) is 9.47 Å². The predicted octanol–water partition coefficient (Wildman–Crippen LogP) is 1.49. The third-order valence-electron chi connectivity index (χ3n) is 3.64. The molecule has 1 heterocycles. The van der Waals surface area contributed by atoms with Crippen LogP contribution in [-0.2, 0) is 19.1 Å². The Hall–Kier alpha value is -1.30. The van der Waals surface area contributed by atoms with Crippen molar-refractivity contribution in [1.82, 2.24) is 5.32 Å². The molecular formula is C13H16BrNO4. The Morgan fingerprint density at radius 1 is 1.37 bits per heavy atom. The monoisotopic (exact) mass is 329 g/mol. The highest BCUT2D eigenvalue weighted by Crippen LogP contribution is 2.47. The van der Waals surface area contributed by atoms with Crippen LogP contribution in [0, 0.1) is 11.3 Å². The van der Waals surface area contributed by atoms with E-state index in [0.717, 1.165) is 11.8 Å². The van der Waals surface area contributed by atoms with Crippen LogP contribution in [0.4, 0.5) is 0 Å². The summed E-state index contributed by atoms with van der Waals surface area (Å²) < 4.78 is 10.5. The Kier molecular flexibility index (Phi) is 3.99. The first-order valence-corrected chi connectivity index (χ1v) is 7.15. The van der Waals surface area contributed by atoms with E-state index in [-0.39, 0.29) is 11.8 Å². The lowest BCUT2D eigenvalue weighted by atomic mass is 9.70. The molecular weight excluding hydrogens is 314 g/mol. The van der Waals surface area contributed by atoms with E-state index in [1.165, 1.54) is 14.2 Å². The van der Waals surface area contributed by atoms with Gasteiger partial charge in [0.05, 0.1) is 19.6 Å². The van der Waals surface area contributed by atoms with Crippen LogP contribution in [-0.4, -0.2) is 31.4 Å². The molecule has 0 bridgehead atoms. The summed E-state index contributed by atoms with van der Waals surface area (Å²) in [6.07, 6.45) is 4.85. The molecule has 1 fully saturated rings. The van der Waals surface area contributed by atoms with Crippen molar-refractivity contribution < 1.29 is 19.1 Å². The molecule has 1 aliphatic heterocycles. The minimum atomic E-state index is -0.849. The average molecular weight is 330 g/mol. The fourth-order valence-electron chi connectivity index (χ4n) is 2.73. The Morgan fingerprint density at radius 2 is 2.11 bits per heavy atom. The van der Waals surface area contributed by atoms with Crippen molar-refractivity contribution in [3.05, 3.63) is 23.7 Å². The average Bonchev–Trinajstić information content (AvgIpc) is 2.67. The summed E-state index contributed by atoms with van der Waals surface area (Å²) in [6, 6.07) is 0. The van der Waals surface area contributed by atoms with Gasteiger partial charge in [-0.05, 0) is 18.9 Å². The molecule has 2 rings (SSSR count). The molecule has 2 atom stereocenters. The third-order valence-corrected chi connectivity index (χ3v) is 4.20. The highest BCUT2D eigenvalue weighted by atomic mass is 79.9. The minimum Gasteiger partial charge on any atom is -0.496 e. The van der Waals surface area contributed by atoms with E-state index < -0.39 is 11.3 Å². The number of ether oxygens (including phenoxy) is 2. The zero-order valence-corrected chi connectivity index (χ0v) is 12.5. The molecule has 2 aliphatic rings. The largest absolute Gasteiger partial charge is 0.496 e. The van der Waals surface area contributed by atoms with Crippen LogP contribution in [0.1, 0.15) is 12.8 Å². The van der Waals surface area contributed by atoms with E-state index in [1.54, 1.807) is 12.2 Å². The number of allylic oxidation sites excluding steroid dienone is 1. The van der Waals surface area contributed by atoms with E-state index in [0.29, 0.717) is 17.9 Å². The van der Waals surface area contributed by atoms with Gasteiger partial charge in [0.15, 0.2) is 11.5 Å². The first-order valence-electron chi connectivity index (χ1n) is 6.03. The number of methoxy groups -OCH3 is 2. The molecule has 1 N–H and O–H groups in total. The number of alkyl halides is 1. The molecule has 0 spiro atoms. The predicted molar refractivity (Wildman–Crippen MR) is 72.3 cm³/mol. The van der Waals surface area contributed by atoms with Gasteiger partial charge in [0.25, 0.3) is 0 Å². The fourth-order valence-corrected chi connectivity index (χ4v) is 3.01. The van der Waals surface area contributed by atoms with Gasteiger partial charge in [-0.15, -0.1) is 0 Å². The Balaban J connectivity index is 2.47. The number of carbonyl (C=O) groups excluding carboxylic acids is 2. The maximum atomic E-state index is 12.2. The molecule has 0 aromatic carbocycles. The first kappa shape index (κ1) is 14.1. The highest BCUT2D eigenvalue weighted by Gasteiger charge is 2.57. The van der Waals surface area contributed by atoms with E-state index >= 15 is 0 Å². The van der Waals surface area contributed by atoms with Gasteiger partial charge in [0.2, 0.25) is 11.8 Å². The van der Waals surface area contributed by atoms with Crippen molar-refractivity contribution in [2.75, 3.05) is 19.5 Å². The quantitative estimate of drug-likeness (QED) is 0.613. The molecule has 0 saturated carbocycles. The number of fused-ring (bicyclic) bond motifs is 1. The van der Waals surface area contributed by atoms with Crippen LogP contribution in [0.5, 0.6) is 0 Å². The lowest BCUT2D eigenvalue weighted by Crippen LogP contribution is -2.37. The molecule has 19 heavy (non-hydrogen) atoms. The molecule has 6 heteroatoms. The number of halogens is 1. The Morgan fingerprint density at radius 3 is 2.68 bits per heavy atom. The molecule has 2 amide bonds. The molecule has 104 valence electrons. The van der Waals surface area contributed by atoms with Gasteiger partial charge in [-0.25, -0.2) is 0 Å². The maximum absolute atomic E-state index is 12.2. The number of amides is 2. The second-order valence-corrected chi connectivity index (χ2v) is 5.35. The van der Waals surface area contributed by atoms with E-state index in [2.05, 4.69) is 21.2 Å². The molecule has 0 aromatic rings. The summed E-state index contributed by atoms with van der Waals surface area (Å²) in [5.74, 6) is -0.307. The van der Waals surface area contributed by atoms with Gasteiger partial charge in [0.1, 0.15) is 5.92 Å². The second-order valence-electron chi connectivity index (χ2n) is 4.55. The summed E-state index contributed by atoms with van der Waals surface area (Å²) in [5.41, 5.74) is -0.849. The van der Waals surface area contributed by atoms with Crippen molar-refractivity contribution in [3.63, 3.8) is 0 Å². The normalized spacial score (nSPS) is 29.3. The molecule has 5 nitrogen and oxygen atoms in total. The first-order chi connectivity index (χ1) is 9.10. The van der Waals surface area contributed by atoms with Crippen molar-refractivity contribution in [3.8, 4) is 0 Å². The van der Waals surface area contributed by atoms with Crippen LogP contribution in [0.25, 0.3) is 0 Å². The zero-order valence-electron chi connectivity index (χ0n) is 10.9. The summed E-state index contributed by atoms with van der Waals surface area (Å²) in [7, 11) is 3.00. The second kappa shape index (κ2) is 5.36. The van der Waals surface area contributed by atoms with E-state index in [1.807, 2.05) is 0 Å². The Bertz CT molecular complexity index is 471. The van der Waals surface area contributed by atoms with Gasteiger partial charge in [-0.2, -0.15) is 0 Å². The van der Waals surface area contributed by atoms with Crippen molar-refractivity contribution in [2.24, 2.45) is 11.3 Å². The lowest BCUT2D eigenvalue weighted by Gasteiger charge is -2.32. The van der Waals surface area contributed by atoms with Crippen LogP contribution in [0.15, 0.2) is 23.7 Å². The number of hydrogen-bond acceptors (Lipinski definition) is 4. The summed E-state index contributed by atoms with van der Waals surface area (Å²) >= 11 is 3.35. The number of rotatable bonds is 5. The van der Waals surface area contributed by atoms with Crippen molar-refractivity contribution in [1.29, 1.82) is 0 Å². The molecule has 0 radical (unpaired) electrons. The fraction of sp³-hybridized carbons (Fsp3) is 0.538. The summed E-state index contributed by atoms with van der Waals surface area (Å²) in [5, 5.41) is 3.18. The minimum absolute atomic E-state index is 0.260. The van der Waals surface area contributed by atoms with Crippen LogP contribution in [0.2, 0.25) is 0 Å². The number of hydrogen-bond donors (Lipinski definition) is 1. The standard InChI is InChI=1S/C13H16BrNO4/c1-18-8-4-6-13(5-3-7-14)9(10(8)19-2)11(16)15-12(13)17/h4,6,9H,3,5,7H2,1-2H3,(H,15,16,17). The van der Waals surface area contributed by atoms with E-state index in [9.17, 15) is 9.59 Å². The maximum Gasteiger partial charge on any atom is 0.238 e. The number of carbonyl (C=O) groups is 2. The van der Waals surface area contributed by atoms with Crippen molar-refractivity contribution >= 4 is 27.7 Å². The lowest BCUT2D eigenvalue weighted by molar-refractivity contribution is -0.127. The topological polar surface area (TPSA) is 64.6 Å². The smallest absolute Gasteiger partial charge is 0.238 e. The van der Waals surface area contributed by atoms with Crippen LogP contribution < -0.4 is 5.32 Å². The van der Waals surface area contributed by atoms with Gasteiger partial charge in [-0.3, -0.25) is 14.9 Å². The van der Waals surface area contributed by atoms with Gasteiger partial charge in [-0.1, -0.05) is 22.0 Å². The molecule has 2 unspecified atom stereocenters. The summed E-state index contributed by atoms with van der Waals surface area (Å²) in [4.78, 5) is 24.3. The van der Waals surface area contributed by atoms with Crippen LogP contribution >= 0.6 is 15.9 Å². The summed E-state index contributed by atoms with van der Waals surface area (Å²) in [6.45, 7) is 0. The van der Waals surface area contributed by atoms with Crippen LogP contribution in [0.3, 0.4) is 0 Å². The SMILES string of the molecule is COC1=C(OC)C2C(=O)NC(=O)C2(CCCBr)C=C1. The highest BCUT2D eigenvalue weighted by molar-refractivity contribution is 9.09. The Labute approximate surface area is 120 Å². The molecule has 1 saturated heterocycles. The number of nitrogens with one attached hydrogen (secondary N) is 1. The number of imide groups is 1.